The highest BCUT2D eigenvalue weighted by Crippen LogP contribution is 2.22. The number of rotatable bonds is 9. The topological polar surface area (TPSA) is 121 Å². The van der Waals surface area contributed by atoms with Crippen molar-refractivity contribution in [2.75, 3.05) is 25.5 Å². The van der Waals surface area contributed by atoms with E-state index in [1.165, 1.54) is 31.3 Å². The fourth-order valence-electron chi connectivity index (χ4n) is 3.04. The number of carbonyl (C=O) groups excluding carboxylic acids is 1. The van der Waals surface area contributed by atoms with Gasteiger partial charge in [-0.15, -0.1) is 0 Å². The molecular formula is C19H23FN4O5S2. The van der Waals surface area contributed by atoms with Crippen molar-refractivity contribution in [3.05, 3.63) is 41.2 Å². The third kappa shape index (κ3) is 5.85. The van der Waals surface area contributed by atoms with Crippen molar-refractivity contribution < 1.29 is 27.5 Å². The number of sulfonamides is 1. The summed E-state index contributed by atoms with van der Waals surface area (Å²) in [6.45, 7) is -0.348. The third-order valence-corrected chi connectivity index (χ3v) is 7.33. The SMILES string of the molecule is CN(CCO)S(=O)(=O)c1ccc(/C(=N\OC2CCCC2)C(=O)Nc2ncc(F)s2)cc1. The Morgan fingerprint density at radius 2 is 2.03 bits per heavy atom. The summed E-state index contributed by atoms with van der Waals surface area (Å²) in [6.07, 6.45) is 4.62. The maximum Gasteiger partial charge on any atom is 0.280 e. The smallest absolute Gasteiger partial charge is 0.280 e. The first-order valence-corrected chi connectivity index (χ1v) is 11.9. The van der Waals surface area contributed by atoms with E-state index >= 15 is 0 Å². The summed E-state index contributed by atoms with van der Waals surface area (Å²) >= 11 is 0.675. The number of nitrogens with zero attached hydrogens (tertiary/aromatic N) is 3. The number of halogens is 1. The van der Waals surface area contributed by atoms with E-state index in [9.17, 15) is 17.6 Å². The molecular weight excluding hydrogens is 447 g/mol. The molecule has 31 heavy (non-hydrogen) atoms. The number of oxime groups is 1. The van der Waals surface area contributed by atoms with E-state index < -0.39 is 21.1 Å². The molecule has 0 bridgehead atoms. The van der Waals surface area contributed by atoms with E-state index in [1.807, 2.05) is 0 Å². The van der Waals surface area contributed by atoms with Gasteiger partial charge in [-0.25, -0.2) is 13.4 Å². The first-order chi connectivity index (χ1) is 14.8. The van der Waals surface area contributed by atoms with Gasteiger partial charge in [0.15, 0.2) is 16.0 Å². The van der Waals surface area contributed by atoms with Gasteiger partial charge in [0.1, 0.15) is 6.10 Å². The summed E-state index contributed by atoms with van der Waals surface area (Å²) in [6, 6.07) is 5.58. The highest BCUT2D eigenvalue weighted by atomic mass is 32.2. The lowest BCUT2D eigenvalue weighted by Crippen LogP contribution is -2.29. The summed E-state index contributed by atoms with van der Waals surface area (Å²) in [5.74, 6) is -0.652. The monoisotopic (exact) mass is 470 g/mol. The molecule has 1 aromatic heterocycles. The van der Waals surface area contributed by atoms with E-state index in [2.05, 4.69) is 15.5 Å². The molecule has 0 saturated heterocycles. The zero-order chi connectivity index (χ0) is 22.4. The summed E-state index contributed by atoms with van der Waals surface area (Å²) in [4.78, 5) is 22.1. The number of carbonyl (C=O) groups is 1. The molecule has 9 nitrogen and oxygen atoms in total. The van der Waals surface area contributed by atoms with Crippen LogP contribution in [0.2, 0.25) is 0 Å². The highest BCUT2D eigenvalue weighted by Gasteiger charge is 2.23. The van der Waals surface area contributed by atoms with E-state index in [1.54, 1.807) is 0 Å². The molecule has 0 radical (unpaired) electrons. The number of aliphatic hydroxyl groups is 1. The number of aromatic nitrogens is 1. The predicted molar refractivity (Wildman–Crippen MR) is 114 cm³/mol. The van der Waals surface area contributed by atoms with Gasteiger partial charge in [0, 0.05) is 19.2 Å². The number of hydrogen-bond donors (Lipinski definition) is 2. The van der Waals surface area contributed by atoms with E-state index in [4.69, 9.17) is 9.94 Å². The number of anilines is 1. The van der Waals surface area contributed by atoms with Crippen molar-refractivity contribution in [2.24, 2.45) is 5.16 Å². The molecule has 1 heterocycles. The molecule has 1 aliphatic rings. The Bertz CT molecular complexity index is 1030. The van der Waals surface area contributed by atoms with Gasteiger partial charge >= 0.3 is 0 Å². The minimum atomic E-state index is -3.78. The lowest BCUT2D eigenvalue weighted by atomic mass is 10.1. The number of amides is 1. The largest absolute Gasteiger partial charge is 0.395 e. The average molecular weight is 471 g/mol. The van der Waals surface area contributed by atoms with Crippen LogP contribution in [0.25, 0.3) is 0 Å². The van der Waals surface area contributed by atoms with E-state index in [-0.39, 0.29) is 35.0 Å². The van der Waals surface area contributed by atoms with Crippen LogP contribution in [-0.4, -0.2) is 60.7 Å². The van der Waals surface area contributed by atoms with Crippen LogP contribution < -0.4 is 5.32 Å². The van der Waals surface area contributed by atoms with Crippen LogP contribution in [0.3, 0.4) is 0 Å². The standard InChI is InChI=1S/C19H23FN4O5S2/c1-24(10-11-25)31(27,28)15-8-6-13(7-9-15)17(23-29-14-4-2-3-5-14)18(26)22-19-21-12-16(20)30-19/h6-9,12,14,25H,2-5,10-11H2,1H3,(H,21,22,26)/b23-17+. The van der Waals surface area contributed by atoms with Crippen molar-refractivity contribution in [2.45, 2.75) is 36.7 Å². The van der Waals surface area contributed by atoms with Crippen LogP contribution in [-0.2, 0) is 19.7 Å². The maximum absolute atomic E-state index is 13.2. The molecule has 0 unspecified atom stereocenters. The average Bonchev–Trinajstić information content (AvgIpc) is 3.40. The molecule has 1 aliphatic carbocycles. The number of hydrogen-bond acceptors (Lipinski definition) is 8. The van der Waals surface area contributed by atoms with Crippen LogP contribution in [0.5, 0.6) is 0 Å². The zero-order valence-electron chi connectivity index (χ0n) is 16.8. The maximum atomic E-state index is 13.2. The Hall–Kier alpha value is -2.41. The van der Waals surface area contributed by atoms with Crippen LogP contribution in [0.4, 0.5) is 9.52 Å². The second kappa shape index (κ2) is 10.3. The first-order valence-electron chi connectivity index (χ1n) is 9.65. The van der Waals surface area contributed by atoms with Gasteiger partial charge in [-0.05, 0) is 37.8 Å². The number of benzene rings is 1. The molecule has 168 valence electrons. The quantitative estimate of drug-likeness (QED) is 0.428. The minimum absolute atomic E-state index is 0.00524. The Labute approximate surface area is 183 Å². The number of thiazole rings is 1. The lowest BCUT2D eigenvalue weighted by molar-refractivity contribution is -0.110. The van der Waals surface area contributed by atoms with Gasteiger partial charge in [0.2, 0.25) is 10.0 Å². The zero-order valence-corrected chi connectivity index (χ0v) is 18.5. The molecule has 3 rings (SSSR count). The van der Waals surface area contributed by atoms with Gasteiger partial charge < -0.3 is 9.94 Å². The summed E-state index contributed by atoms with van der Waals surface area (Å²) in [5, 5.41) is 15.0. The summed E-state index contributed by atoms with van der Waals surface area (Å²) in [7, 11) is -2.42. The molecule has 0 spiro atoms. The molecule has 1 aromatic carbocycles. The highest BCUT2D eigenvalue weighted by molar-refractivity contribution is 7.89. The molecule has 12 heteroatoms. The first kappa shape index (κ1) is 23.3. The second-order valence-corrected chi connectivity index (χ2v) is 9.98. The van der Waals surface area contributed by atoms with Crippen LogP contribution in [0, 0.1) is 5.13 Å². The Morgan fingerprint density at radius 3 is 2.61 bits per heavy atom. The molecule has 1 amide bonds. The van der Waals surface area contributed by atoms with Gasteiger partial charge in [-0.2, -0.15) is 8.70 Å². The van der Waals surface area contributed by atoms with E-state index in [0.717, 1.165) is 36.2 Å². The third-order valence-electron chi connectivity index (χ3n) is 4.76. The van der Waals surface area contributed by atoms with Crippen molar-refractivity contribution in [3.8, 4) is 0 Å². The predicted octanol–water partition coefficient (Wildman–Crippen LogP) is 2.20. The number of aliphatic hydroxyl groups excluding tert-OH is 1. The van der Waals surface area contributed by atoms with Gasteiger partial charge in [-0.3, -0.25) is 10.1 Å². The minimum Gasteiger partial charge on any atom is -0.395 e. The van der Waals surface area contributed by atoms with Crippen molar-refractivity contribution in [3.63, 3.8) is 0 Å². The second-order valence-electron chi connectivity index (χ2n) is 6.95. The van der Waals surface area contributed by atoms with Crippen LogP contribution >= 0.6 is 11.3 Å². The van der Waals surface area contributed by atoms with Crippen LogP contribution in [0.15, 0.2) is 40.5 Å². The number of nitrogens with one attached hydrogen (secondary N) is 1. The molecule has 0 aliphatic heterocycles. The molecule has 1 saturated carbocycles. The van der Waals surface area contributed by atoms with Gasteiger partial charge in [0.25, 0.3) is 5.91 Å². The lowest BCUT2D eigenvalue weighted by Gasteiger charge is -2.16. The molecule has 2 N–H and O–H groups in total. The van der Waals surface area contributed by atoms with E-state index in [0.29, 0.717) is 16.9 Å². The van der Waals surface area contributed by atoms with Crippen LogP contribution in [0.1, 0.15) is 31.2 Å². The Kier molecular flexibility index (Phi) is 7.70. The molecule has 1 fully saturated rings. The van der Waals surface area contributed by atoms with Crippen molar-refractivity contribution in [1.29, 1.82) is 0 Å². The van der Waals surface area contributed by atoms with Gasteiger partial charge in [0.05, 0.1) is 17.7 Å². The Morgan fingerprint density at radius 1 is 1.35 bits per heavy atom. The summed E-state index contributed by atoms with van der Waals surface area (Å²) < 4.78 is 39.3. The van der Waals surface area contributed by atoms with Gasteiger partial charge in [-0.1, -0.05) is 28.6 Å². The fourth-order valence-corrected chi connectivity index (χ4v) is 4.74. The normalized spacial score (nSPS) is 15.4. The number of likely N-dealkylation sites (N-methyl/N-ethyl adjacent to an activating group) is 1. The molecule has 0 atom stereocenters. The van der Waals surface area contributed by atoms with Crippen molar-refractivity contribution in [1.82, 2.24) is 9.29 Å². The Balaban J connectivity index is 1.85. The fraction of sp³-hybridized carbons (Fsp3) is 0.421. The van der Waals surface area contributed by atoms with Crippen molar-refractivity contribution >= 4 is 38.1 Å². The molecule has 2 aromatic rings. The summed E-state index contributed by atoms with van der Waals surface area (Å²) in [5.41, 5.74) is 0.256.